The average Bonchev–Trinajstić information content (AvgIpc) is 2.87. The minimum atomic E-state index is -3.87. The Labute approximate surface area is 199 Å². The van der Waals surface area contributed by atoms with Crippen LogP contribution in [0.25, 0.3) is 0 Å². The Morgan fingerprint density at radius 2 is 1.68 bits per heavy atom. The summed E-state index contributed by atoms with van der Waals surface area (Å²) in [5, 5.41) is 0. The fourth-order valence-electron chi connectivity index (χ4n) is 4.17. The number of Topliss-reactive ketones (excluding diaryl/α,β-unsaturated/α-hetero) is 1. The zero-order chi connectivity index (χ0) is 24.3. The van der Waals surface area contributed by atoms with E-state index in [1.807, 2.05) is 0 Å². The number of rotatable bonds is 7. The molecule has 0 saturated carbocycles. The minimum Gasteiger partial charge on any atom is -0.497 e. The van der Waals surface area contributed by atoms with Crippen LogP contribution in [0.1, 0.15) is 30.1 Å². The normalized spacial score (nSPS) is 17.2. The van der Waals surface area contributed by atoms with Crippen molar-refractivity contribution in [3.05, 3.63) is 48.0 Å². The molecule has 0 radical (unpaired) electrons. The summed E-state index contributed by atoms with van der Waals surface area (Å²) in [6.45, 7) is 3.23. The van der Waals surface area contributed by atoms with E-state index in [0.717, 1.165) is 0 Å². The number of carbonyl (C=O) groups is 2. The zero-order valence-electron chi connectivity index (χ0n) is 19.2. The number of hydrogen-bond donors (Lipinski definition) is 1. The van der Waals surface area contributed by atoms with Gasteiger partial charge in [0, 0.05) is 24.6 Å². The molecule has 2 aromatic rings. The molecule has 0 unspecified atom stereocenters. The van der Waals surface area contributed by atoms with E-state index in [0.29, 0.717) is 62.0 Å². The molecular formula is C24H28N2O7S. The van der Waals surface area contributed by atoms with Crippen LogP contribution in [0.2, 0.25) is 0 Å². The van der Waals surface area contributed by atoms with Gasteiger partial charge in [-0.05, 0) is 62.2 Å². The Balaban J connectivity index is 1.33. The predicted molar refractivity (Wildman–Crippen MR) is 124 cm³/mol. The summed E-state index contributed by atoms with van der Waals surface area (Å²) in [6, 6.07) is 10.2. The SMILES string of the molecule is COc1ccc(S(=O)(=O)N[C@@H](C)C(=O)N2CCC(C(=O)c3ccc4c(c3)OCCO4)CC2)cc1. The van der Waals surface area contributed by atoms with Crippen molar-refractivity contribution in [3.8, 4) is 17.2 Å². The van der Waals surface area contributed by atoms with Crippen LogP contribution in [0.3, 0.4) is 0 Å². The number of nitrogens with zero attached hydrogens (tertiary/aromatic N) is 1. The number of piperidine rings is 1. The molecule has 1 amide bonds. The number of ether oxygens (including phenoxy) is 3. The molecule has 2 heterocycles. The number of benzene rings is 2. The first-order valence-corrected chi connectivity index (χ1v) is 12.7. The van der Waals surface area contributed by atoms with Crippen LogP contribution < -0.4 is 18.9 Å². The second kappa shape index (κ2) is 10.0. The van der Waals surface area contributed by atoms with Gasteiger partial charge in [-0.2, -0.15) is 4.72 Å². The Bertz CT molecular complexity index is 1160. The third-order valence-electron chi connectivity index (χ3n) is 6.08. The highest BCUT2D eigenvalue weighted by Crippen LogP contribution is 2.32. The van der Waals surface area contributed by atoms with Gasteiger partial charge in [-0.3, -0.25) is 9.59 Å². The van der Waals surface area contributed by atoms with E-state index >= 15 is 0 Å². The number of ketones is 1. The van der Waals surface area contributed by atoms with Crippen LogP contribution in [0.15, 0.2) is 47.4 Å². The number of methoxy groups -OCH3 is 1. The Morgan fingerprint density at radius 1 is 1.03 bits per heavy atom. The highest BCUT2D eigenvalue weighted by atomic mass is 32.2. The number of likely N-dealkylation sites (tertiary alicyclic amines) is 1. The first-order chi connectivity index (χ1) is 16.3. The highest BCUT2D eigenvalue weighted by Gasteiger charge is 2.32. The lowest BCUT2D eigenvalue weighted by Crippen LogP contribution is -2.49. The van der Waals surface area contributed by atoms with Gasteiger partial charge in [0.1, 0.15) is 19.0 Å². The first-order valence-electron chi connectivity index (χ1n) is 11.2. The largest absolute Gasteiger partial charge is 0.497 e. The van der Waals surface area contributed by atoms with Crippen molar-refractivity contribution < 1.29 is 32.2 Å². The van der Waals surface area contributed by atoms with E-state index in [1.54, 1.807) is 35.2 Å². The minimum absolute atomic E-state index is 0.0114. The Kier molecular flexibility index (Phi) is 7.08. The van der Waals surface area contributed by atoms with E-state index < -0.39 is 16.1 Å². The van der Waals surface area contributed by atoms with Gasteiger partial charge in [0.25, 0.3) is 0 Å². The maximum atomic E-state index is 13.0. The number of fused-ring (bicyclic) bond motifs is 1. The summed E-state index contributed by atoms with van der Waals surface area (Å²) in [5.74, 6) is 1.23. The second-order valence-corrected chi connectivity index (χ2v) is 10.1. The monoisotopic (exact) mass is 488 g/mol. The number of sulfonamides is 1. The molecule has 0 spiro atoms. The van der Waals surface area contributed by atoms with Gasteiger partial charge in [0.15, 0.2) is 17.3 Å². The zero-order valence-corrected chi connectivity index (χ0v) is 20.0. The number of carbonyl (C=O) groups excluding carboxylic acids is 2. The molecular weight excluding hydrogens is 460 g/mol. The van der Waals surface area contributed by atoms with Crippen LogP contribution >= 0.6 is 0 Å². The van der Waals surface area contributed by atoms with Crippen LogP contribution in [-0.2, 0) is 14.8 Å². The highest BCUT2D eigenvalue weighted by molar-refractivity contribution is 7.89. The second-order valence-electron chi connectivity index (χ2n) is 8.34. The van der Waals surface area contributed by atoms with Gasteiger partial charge < -0.3 is 19.1 Å². The molecule has 0 bridgehead atoms. The lowest BCUT2D eigenvalue weighted by Gasteiger charge is -2.33. The van der Waals surface area contributed by atoms with Crippen molar-refractivity contribution >= 4 is 21.7 Å². The van der Waals surface area contributed by atoms with E-state index in [-0.39, 0.29) is 22.5 Å². The van der Waals surface area contributed by atoms with Gasteiger partial charge in [-0.1, -0.05) is 0 Å². The first kappa shape index (κ1) is 24.0. The van der Waals surface area contributed by atoms with Crippen molar-refractivity contribution in [1.29, 1.82) is 0 Å². The van der Waals surface area contributed by atoms with Gasteiger partial charge in [-0.25, -0.2) is 8.42 Å². The number of nitrogens with one attached hydrogen (secondary N) is 1. The topological polar surface area (TPSA) is 111 Å². The third kappa shape index (κ3) is 5.18. The summed E-state index contributed by atoms with van der Waals surface area (Å²) < 4.78 is 43.8. The lowest BCUT2D eigenvalue weighted by atomic mass is 9.88. The summed E-state index contributed by atoms with van der Waals surface area (Å²) in [5.41, 5.74) is 0.564. The Hall–Kier alpha value is -3.11. The fraction of sp³-hybridized carbons (Fsp3) is 0.417. The maximum absolute atomic E-state index is 13.0. The molecule has 4 rings (SSSR count). The van der Waals surface area contributed by atoms with Gasteiger partial charge >= 0.3 is 0 Å². The smallest absolute Gasteiger partial charge is 0.241 e. The number of hydrogen-bond acceptors (Lipinski definition) is 7. The van der Waals surface area contributed by atoms with Crippen molar-refractivity contribution in [1.82, 2.24) is 9.62 Å². The van der Waals surface area contributed by atoms with Crippen LogP contribution in [-0.4, -0.2) is 64.5 Å². The van der Waals surface area contributed by atoms with E-state index in [1.165, 1.54) is 26.2 Å². The van der Waals surface area contributed by atoms with Crippen molar-refractivity contribution in [2.45, 2.75) is 30.7 Å². The van der Waals surface area contributed by atoms with Crippen molar-refractivity contribution in [2.75, 3.05) is 33.4 Å². The molecule has 9 nitrogen and oxygen atoms in total. The molecule has 2 aromatic carbocycles. The molecule has 2 aliphatic heterocycles. The summed E-state index contributed by atoms with van der Waals surface area (Å²) in [6.07, 6.45) is 1.02. The average molecular weight is 489 g/mol. The molecule has 2 aliphatic rings. The van der Waals surface area contributed by atoms with Crippen molar-refractivity contribution in [2.24, 2.45) is 5.92 Å². The molecule has 0 aromatic heterocycles. The molecule has 1 saturated heterocycles. The molecule has 0 aliphatic carbocycles. The predicted octanol–water partition coefficient (Wildman–Crippen LogP) is 2.25. The summed E-state index contributed by atoms with van der Waals surface area (Å²) >= 11 is 0. The fourth-order valence-corrected chi connectivity index (χ4v) is 5.37. The summed E-state index contributed by atoms with van der Waals surface area (Å²) in [7, 11) is -2.37. The van der Waals surface area contributed by atoms with Crippen LogP contribution in [0.4, 0.5) is 0 Å². The molecule has 1 N–H and O–H groups in total. The van der Waals surface area contributed by atoms with Crippen LogP contribution in [0, 0.1) is 5.92 Å². The molecule has 1 fully saturated rings. The standard InChI is InChI=1S/C24H28N2O7S/c1-16(25-34(29,30)20-6-4-19(31-2)5-7-20)24(28)26-11-9-17(10-12-26)23(27)18-3-8-21-22(15-18)33-14-13-32-21/h3-8,15-17,25H,9-14H2,1-2H3/t16-/m0/s1. The molecule has 34 heavy (non-hydrogen) atoms. The quantitative estimate of drug-likeness (QED) is 0.595. The van der Waals surface area contributed by atoms with Gasteiger partial charge in [0.2, 0.25) is 15.9 Å². The summed E-state index contributed by atoms with van der Waals surface area (Å²) in [4.78, 5) is 27.5. The van der Waals surface area contributed by atoms with E-state index in [4.69, 9.17) is 14.2 Å². The van der Waals surface area contributed by atoms with Gasteiger partial charge in [0.05, 0.1) is 18.0 Å². The third-order valence-corrected chi connectivity index (χ3v) is 7.63. The van der Waals surface area contributed by atoms with Gasteiger partial charge in [-0.15, -0.1) is 0 Å². The maximum Gasteiger partial charge on any atom is 0.241 e. The Morgan fingerprint density at radius 3 is 2.32 bits per heavy atom. The molecule has 10 heteroatoms. The number of amides is 1. The van der Waals surface area contributed by atoms with E-state index in [9.17, 15) is 18.0 Å². The molecule has 1 atom stereocenters. The van der Waals surface area contributed by atoms with Crippen molar-refractivity contribution in [3.63, 3.8) is 0 Å². The van der Waals surface area contributed by atoms with E-state index in [2.05, 4.69) is 4.72 Å². The lowest BCUT2D eigenvalue weighted by molar-refractivity contribution is -0.133. The molecule has 182 valence electrons. The van der Waals surface area contributed by atoms with Crippen LogP contribution in [0.5, 0.6) is 17.2 Å².